The Kier molecular flexibility index (Phi) is 3.68. The molecule has 0 bridgehead atoms. The zero-order valence-corrected chi connectivity index (χ0v) is 12.3. The molecule has 1 amide bonds. The number of carbonyl (C=O) groups is 1. The van der Waals surface area contributed by atoms with Crippen LogP contribution in [0.2, 0.25) is 0 Å². The summed E-state index contributed by atoms with van der Waals surface area (Å²) in [7, 11) is 0. The molecule has 2 unspecified atom stereocenters. The van der Waals surface area contributed by atoms with Crippen molar-refractivity contribution in [3.05, 3.63) is 23.8 Å². The van der Waals surface area contributed by atoms with Gasteiger partial charge in [0, 0.05) is 5.92 Å². The Morgan fingerprint density at radius 1 is 1.30 bits per heavy atom. The normalized spacial score (nSPS) is 27.0. The van der Waals surface area contributed by atoms with Gasteiger partial charge in [-0.15, -0.1) is 0 Å². The standard InChI is InChI=1S/C17H23NO2/c1-3-6-20-16-7-11(2)4-5-15(16)18-17(19)14-9-12-8-13(12)10-14/h4-5,7,12-14H,3,6,8-10H2,1-2H3,(H,18,19). The largest absolute Gasteiger partial charge is 0.491 e. The Balaban J connectivity index is 1.67. The molecule has 108 valence electrons. The summed E-state index contributed by atoms with van der Waals surface area (Å²) in [5.74, 6) is 2.84. The summed E-state index contributed by atoms with van der Waals surface area (Å²) in [4.78, 5) is 12.3. The highest BCUT2D eigenvalue weighted by Gasteiger charge is 2.48. The number of aryl methyl sites for hydroxylation is 1. The molecule has 2 aliphatic rings. The van der Waals surface area contributed by atoms with Gasteiger partial charge in [-0.1, -0.05) is 13.0 Å². The monoisotopic (exact) mass is 273 g/mol. The minimum Gasteiger partial charge on any atom is -0.491 e. The predicted molar refractivity (Wildman–Crippen MR) is 79.9 cm³/mol. The second-order valence-electron chi connectivity index (χ2n) is 6.26. The topological polar surface area (TPSA) is 38.3 Å². The lowest BCUT2D eigenvalue weighted by molar-refractivity contribution is -0.120. The molecule has 2 fully saturated rings. The Hall–Kier alpha value is -1.51. The number of hydrogen-bond donors (Lipinski definition) is 1. The van der Waals surface area contributed by atoms with Crippen LogP contribution in [0.4, 0.5) is 5.69 Å². The van der Waals surface area contributed by atoms with E-state index in [2.05, 4.69) is 12.2 Å². The van der Waals surface area contributed by atoms with Crippen LogP contribution in [-0.4, -0.2) is 12.5 Å². The van der Waals surface area contributed by atoms with Gasteiger partial charge in [0.25, 0.3) is 0 Å². The summed E-state index contributed by atoms with van der Waals surface area (Å²) in [6, 6.07) is 5.96. The van der Waals surface area contributed by atoms with Crippen molar-refractivity contribution in [3.8, 4) is 5.75 Å². The molecule has 1 aromatic carbocycles. The molecule has 0 saturated heterocycles. The number of nitrogens with one attached hydrogen (secondary N) is 1. The third-order valence-electron chi connectivity index (χ3n) is 4.47. The van der Waals surface area contributed by atoms with Gasteiger partial charge in [0.15, 0.2) is 0 Å². The first-order chi connectivity index (χ1) is 9.67. The second-order valence-corrected chi connectivity index (χ2v) is 6.26. The van der Waals surface area contributed by atoms with E-state index in [9.17, 15) is 4.79 Å². The maximum atomic E-state index is 12.3. The van der Waals surface area contributed by atoms with Crippen LogP contribution in [0, 0.1) is 24.7 Å². The van der Waals surface area contributed by atoms with Crippen LogP contribution in [0.5, 0.6) is 5.75 Å². The van der Waals surface area contributed by atoms with Gasteiger partial charge in [-0.3, -0.25) is 4.79 Å². The number of anilines is 1. The molecule has 1 N–H and O–H groups in total. The summed E-state index contributed by atoms with van der Waals surface area (Å²) in [6.07, 6.45) is 4.47. The van der Waals surface area contributed by atoms with Crippen molar-refractivity contribution in [2.45, 2.75) is 39.5 Å². The molecule has 0 aromatic heterocycles. The number of amides is 1. The maximum absolute atomic E-state index is 12.3. The van der Waals surface area contributed by atoms with E-state index in [1.54, 1.807) is 0 Å². The van der Waals surface area contributed by atoms with Gasteiger partial charge in [-0.2, -0.15) is 0 Å². The molecule has 2 saturated carbocycles. The summed E-state index contributed by atoms with van der Waals surface area (Å²) in [5, 5.41) is 3.07. The number of benzene rings is 1. The molecule has 3 rings (SSSR count). The molecule has 0 spiro atoms. The van der Waals surface area contributed by atoms with Crippen molar-refractivity contribution in [1.82, 2.24) is 0 Å². The van der Waals surface area contributed by atoms with Gasteiger partial charge >= 0.3 is 0 Å². The van der Waals surface area contributed by atoms with Gasteiger partial charge in [-0.05, 0) is 62.1 Å². The first kappa shape index (κ1) is 13.5. The zero-order chi connectivity index (χ0) is 14.1. The lowest BCUT2D eigenvalue weighted by atomic mass is 10.0. The lowest BCUT2D eigenvalue weighted by Crippen LogP contribution is -2.22. The molecule has 1 aromatic rings. The third kappa shape index (κ3) is 2.82. The summed E-state index contributed by atoms with van der Waals surface area (Å²) in [5.41, 5.74) is 1.96. The van der Waals surface area contributed by atoms with Crippen LogP contribution in [0.3, 0.4) is 0 Å². The van der Waals surface area contributed by atoms with Crippen molar-refractivity contribution in [2.24, 2.45) is 17.8 Å². The molecule has 3 heteroatoms. The number of hydrogen-bond acceptors (Lipinski definition) is 2. The summed E-state index contributed by atoms with van der Waals surface area (Å²) < 4.78 is 5.75. The van der Waals surface area contributed by atoms with Crippen LogP contribution in [-0.2, 0) is 4.79 Å². The molecule has 2 atom stereocenters. The average molecular weight is 273 g/mol. The maximum Gasteiger partial charge on any atom is 0.227 e. The van der Waals surface area contributed by atoms with E-state index in [1.807, 2.05) is 25.1 Å². The van der Waals surface area contributed by atoms with E-state index >= 15 is 0 Å². The second kappa shape index (κ2) is 5.47. The van der Waals surface area contributed by atoms with Crippen molar-refractivity contribution in [1.29, 1.82) is 0 Å². The van der Waals surface area contributed by atoms with Crippen molar-refractivity contribution < 1.29 is 9.53 Å². The summed E-state index contributed by atoms with van der Waals surface area (Å²) >= 11 is 0. The Morgan fingerprint density at radius 3 is 2.75 bits per heavy atom. The Labute approximate surface area is 120 Å². The molecule has 20 heavy (non-hydrogen) atoms. The Morgan fingerprint density at radius 2 is 2.05 bits per heavy atom. The summed E-state index contributed by atoms with van der Waals surface area (Å²) in [6.45, 7) is 4.80. The minimum atomic E-state index is 0.169. The SMILES string of the molecule is CCCOc1cc(C)ccc1NC(=O)C1CC2CC2C1. The molecule has 0 heterocycles. The number of ether oxygens (including phenoxy) is 1. The first-order valence-corrected chi connectivity index (χ1v) is 7.71. The smallest absolute Gasteiger partial charge is 0.227 e. The molecule has 0 aliphatic heterocycles. The lowest BCUT2D eigenvalue weighted by Gasteiger charge is -2.16. The van der Waals surface area contributed by atoms with E-state index in [0.29, 0.717) is 6.61 Å². The van der Waals surface area contributed by atoms with Crippen LogP contribution < -0.4 is 10.1 Å². The number of carbonyl (C=O) groups excluding carboxylic acids is 1. The van der Waals surface area contributed by atoms with Crippen LogP contribution >= 0.6 is 0 Å². The van der Waals surface area contributed by atoms with E-state index in [1.165, 1.54) is 6.42 Å². The molecule has 0 radical (unpaired) electrons. The number of fused-ring (bicyclic) bond motifs is 1. The van der Waals surface area contributed by atoms with E-state index in [4.69, 9.17) is 4.74 Å². The van der Waals surface area contributed by atoms with E-state index < -0.39 is 0 Å². The molecular formula is C17H23NO2. The first-order valence-electron chi connectivity index (χ1n) is 7.71. The fourth-order valence-electron chi connectivity index (χ4n) is 3.23. The van der Waals surface area contributed by atoms with Crippen molar-refractivity contribution in [3.63, 3.8) is 0 Å². The molecule has 3 nitrogen and oxygen atoms in total. The highest BCUT2D eigenvalue weighted by atomic mass is 16.5. The fourth-order valence-corrected chi connectivity index (χ4v) is 3.23. The zero-order valence-electron chi connectivity index (χ0n) is 12.3. The van der Waals surface area contributed by atoms with Crippen LogP contribution in [0.1, 0.15) is 38.2 Å². The van der Waals surface area contributed by atoms with Crippen molar-refractivity contribution >= 4 is 11.6 Å². The predicted octanol–water partition coefficient (Wildman–Crippen LogP) is 3.77. The quantitative estimate of drug-likeness (QED) is 0.887. The highest BCUT2D eigenvalue weighted by Crippen LogP contribution is 2.54. The van der Waals surface area contributed by atoms with Crippen molar-refractivity contribution in [2.75, 3.05) is 11.9 Å². The van der Waals surface area contributed by atoms with Gasteiger partial charge in [0.2, 0.25) is 5.91 Å². The average Bonchev–Trinajstić information content (AvgIpc) is 3.05. The number of rotatable bonds is 5. The molecular weight excluding hydrogens is 250 g/mol. The van der Waals surface area contributed by atoms with Crippen LogP contribution in [0.25, 0.3) is 0 Å². The van der Waals surface area contributed by atoms with E-state index in [-0.39, 0.29) is 11.8 Å². The third-order valence-corrected chi connectivity index (χ3v) is 4.47. The van der Waals surface area contributed by atoms with Gasteiger partial charge < -0.3 is 10.1 Å². The minimum absolute atomic E-state index is 0.169. The van der Waals surface area contributed by atoms with Crippen LogP contribution in [0.15, 0.2) is 18.2 Å². The van der Waals surface area contributed by atoms with Gasteiger partial charge in [0.05, 0.1) is 12.3 Å². The Bertz CT molecular complexity index is 502. The van der Waals surface area contributed by atoms with Gasteiger partial charge in [0.1, 0.15) is 5.75 Å². The van der Waals surface area contributed by atoms with E-state index in [0.717, 1.165) is 48.1 Å². The van der Waals surface area contributed by atoms with Gasteiger partial charge in [-0.25, -0.2) is 0 Å². The molecule has 2 aliphatic carbocycles. The fraction of sp³-hybridized carbons (Fsp3) is 0.588. The highest BCUT2D eigenvalue weighted by molar-refractivity contribution is 5.94.